The second-order valence-corrected chi connectivity index (χ2v) is 6.77. The molecule has 3 aromatic carbocycles. The smallest absolute Gasteiger partial charge is 0.375 e. The van der Waals surface area contributed by atoms with E-state index in [1.54, 1.807) is 25.2 Å². The fourth-order valence-electron chi connectivity index (χ4n) is 2.95. The van der Waals surface area contributed by atoms with Crippen molar-refractivity contribution in [3.63, 3.8) is 0 Å². The Balaban J connectivity index is 0.000000481. The molecule has 0 bridgehead atoms. The third kappa shape index (κ3) is 11.9. The Kier molecular flexibility index (Phi) is 19.2. The third-order valence-electron chi connectivity index (χ3n) is 4.52. The topological polar surface area (TPSA) is 77.9 Å². The number of carbonyl (C=O) groups is 1. The largest absolute Gasteiger partial charge is 2.00 e. The minimum Gasteiger partial charge on any atom is -0.375 e. The summed E-state index contributed by atoms with van der Waals surface area (Å²) >= 11 is 0. The van der Waals surface area contributed by atoms with Crippen LogP contribution in [0.2, 0.25) is 0 Å². The van der Waals surface area contributed by atoms with Gasteiger partial charge in [0.2, 0.25) is 0 Å². The van der Waals surface area contributed by atoms with Crippen molar-refractivity contribution in [3.8, 4) is 0 Å². The van der Waals surface area contributed by atoms with E-state index >= 15 is 0 Å². The monoisotopic (exact) mass is 822 g/mol. The van der Waals surface area contributed by atoms with E-state index in [9.17, 15) is 4.79 Å². The van der Waals surface area contributed by atoms with Crippen LogP contribution in [0.4, 0.5) is 0 Å². The number of nitrogens with zero attached hydrogens (tertiary/aromatic N) is 2. The van der Waals surface area contributed by atoms with Crippen LogP contribution in [0.3, 0.4) is 0 Å². The van der Waals surface area contributed by atoms with Crippen LogP contribution in [-0.4, -0.2) is 50.8 Å². The van der Waals surface area contributed by atoms with Crippen molar-refractivity contribution in [2.45, 2.75) is 13.8 Å². The minimum atomic E-state index is -0.104. The van der Waals surface area contributed by atoms with Crippen LogP contribution < -0.4 is 16.0 Å². The first-order chi connectivity index (χ1) is 16.8. The van der Waals surface area contributed by atoms with Crippen LogP contribution in [0.1, 0.15) is 35.3 Å². The molecule has 0 radical (unpaired) electrons. The Labute approximate surface area is 244 Å². The number of hydrogen-bond donors (Lipinski definition) is 3. The third-order valence-corrected chi connectivity index (χ3v) is 4.52. The number of aliphatic imine (C=N–C) groups is 2. The Morgan fingerprint density at radius 2 is 1.33 bits per heavy atom. The van der Waals surface area contributed by atoms with Gasteiger partial charge in [0.05, 0.1) is 13.1 Å². The molecule has 0 unspecified atom stereocenters. The molecule has 0 aliphatic carbocycles. The molecule has 0 fully saturated rings. The van der Waals surface area contributed by atoms with E-state index in [-0.39, 0.29) is 48.0 Å². The first-order valence-corrected chi connectivity index (χ1v) is 11.5. The number of carbonyl (C=O) groups excluding carboxylic acids is 1. The number of hydrogen-bond acceptors (Lipinski definition) is 5. The molecule has 2 aliphatic heterocycles. The second kappa shape index (κ2) is 20.6. The van der Waals surface area contributed by atoms with Crippen molar-refractivity contribution in [3.05, 3.63) is 108 Å². The van der Waals surface area contributed by atoms with Crippen molar-refractivity contribution in [1.29, 1.82) is 0 Å². The molecule has 0 saturated heterocycles. The maximum Gasteiger partial charge on any atom is 2.00 e. The second-order valence-electron chi connectivity index (χ2n) is 6.77. The van der Waals surface area contributed by atoms with Crippen molar-refractivity contribution in [2.24, 2.45) is 9.98 Å². The molecule has 2 heterocycles. The van der Waals surface area contributed by atoms with E-state index in [2.05, 4.69) is 56.3 Å². The zero-order chi connectivity index (χ0) is 24.4. The van der Waals surface area contributed by atoms with E-state index < -0.39 is 0 Å². The molecule has 36 heavy (non-hydrogen) atoms. The maximum absolute atomic E-state index is 10.9. The Hall–Kier alpha value is -2.55. The van der Waals surface area contributed by atoms with Gasteiger partial charge in [-0.2, -0.15) is 35.9 Å². The van der Waals surface area contributed by atoms with Gasteiger partial charge in [-0.15, -0.1) is 0 Å². The molecule has 0 saturated carbocycles. The molecule has 0 spiro atoms. The summed E-state index contributed by atoms with van der Waals surface area (Å²) in [6.45, 7) is 7.75. The standard InChI is InChI=1S/C9H10N2.C9H9N2.C8H7NO.C2H6.2W/c2*1-2-4-8(5-3-1)9-10-6-7-11-9;1-9-8(10)7-5-3-2-4-6-7;1-2;;/h1-5H,6-7H2,(H,10,11);2-5H,6-7H2,(H,10,11);2,5-6H,1H3,(H,9,10);1-2H3;;/q;-1;-2;;;+2. The van der Waals surface area contributed by atoms with Crippen LogP contribution in [0.15, 0.2) is 82.8 Å². The van der Waals surface area contributed by atoms with Crippen molar-refractivity contribution < 1.29 is 46.9 Å². The zero-order valence-electron chi connectivity index (χ0n) is 20.9. The van der Waals surface area contributed by atoms with Gasteiger partial charge in [-0.1, -0.05) is 49.7 Å². The summed E-state index contributed by atoms with van der Waals surface area (Å²) in [5.74, 6) is 1.94. The quantitative estimate of drug-likeness (QED) is 0.355. The Morgan fingerprint density at radius 3 is 1.78 bits per heavy atom. The van der Waals surface area contributed by atoms with Crippen LogP contribution in [0.5, 0.6) is 0 Å². The molecule has 0 aromatic heterocycles. The maximum atomic E-state index is 10.9. The Bertz CT molecular complexity index is 970. The molecule has 6 nitrogen and oxygen atoms in total. The predicted molar refractivity (Wildman–Crippen MR) is 139 cm³/mol. The van der Waals surface area contributed by atoms with E-state index in [1.807, 2.05) is 56.3 Å². The van der Waals surface area contributed by atoms with Gasteiger partial charge in [0.25, 0.3) is 0 Å². The van der Waals surface area contributed by atoms with Gasteiger partial charge < -0.3 is 34.1 Å². The average Bonchev–Trinajstić information content (AvgIpc) is 3.67. The molecule has 5 rings (SSSR count). The summed E-state index contributed by atoms with van der Waals surface area (Å²) in [6.07, 6.45) is 0. The van der Waals surface area contributed by atoms with Crippen molar-refractivity contribution in [1.82, 2.24) is 16.0 Å². The first-order valence-electron chi connectivity index (χ1n) is 11.5. The fraction of sp³-hybridized carbons (Fsp3) is 0.250. The van der Waals surface area contributed by atoms with E-state index in [0.717, 1.165) is 43.4 Å². The number of benzene rings is 3. The molecule has 0 atom stereocenters. The molecule has 2 aliphatic rings. The van der Waals surface area contributed by atoms with Crippen molar-refractivity contribution >= 4 is 17.6 Å². The number of rotatable bonds is 3. The van der Waals surface area contributed by atoms with E-state index in [4.69, 9.17) is 0 Å². The van der Waals surface area contributed by atoms with E-state index in [0.29, 0.717) is 5.56 Å². The predicted octanol–water partition coefficient (Wildman–Crippen LogP) is 3.54. The van der Waals surface area contributed by atoms with Crippen LogP contribution in [-0.2, 0) is 42.1 Å². The van der Waals surface area contributed by atoms with Gasteiger partial charge in [-0.3, -0.25) is 26.9 Å². The van der Waals surface area contributed by atoms with Gasteiger partial charge in [-0.05, 0) is 0 Å². The summed E-state index contributed by atoms with van der Waals surface area (Å²) in [5, 5.41) is 8.93. The number of amidine groups is 2. The van der Waals surface area contributed by atoms with Gasteiger partial charge in [0, 0.05) is 46.8 Å². The van der Waals surface area contributed by atoms with Crippen LogP contribution in [0.25, 0.3) is 0 Å². The molecule has 3 N–H and O–H groups in total. The number of nitrogens with one attached hydrogen (secondary N) is 3. The van der Waals surface area contributed by atoms with Crippen LogP contribution >= 0.6 is 0 Å². The molecule has 8 heteroatoms. The van der Waals surface area contributed by atoms with Crippen molar-refractivity contribution in [2.75, 3.05) is 33.2 Å². The summed E-state index contributed by atoms with van der Waals surface area (Å²) < 4.78 is 0. The molecule has 188 valence electrons. The van der Waals surface area contributed by atoms with Gasteiger partial charge in [0.1, 0.15) is 17.6 Å². The molecule has 3 aromatic rings. The summed E-state index contributed by atoms with van der Waals surface area (Å²) in [6, 6.07) is 31.4. The summed E-state index contributed by atoms with van der Waals surface area (Å²) in [7, 11) is 1.59. The first kappa shape index (κ1) is 33.4. The van der Waals surface area contributed by atoms with E-state index in [1.165, 1.54) is 5.56 Å². The molecular weight excluding hydrogens is 790 g/mol. The van der Waals surface area contributed by atoms with Gasteiger partial charge >= 0.3 is 21.1 Å². The molecule has 1 amide bonds. The minimum absolute atomic E-state index is 0. The van der Waals surface area contributed by atoms with Gasteiger partial charge in [0.15, 0.2) is 0 Å². The SMILES string of the molecule is CC.CNC(=O)c1c[c-]c[c-]c1.[W+2].[W].[c-]1ccc(C2=NCCN2)cc1.c1ccc(C2=NCCN2)cc1. The molecular formula is C28H32N5OW2-. The normalized spacial score (nSPS) is 12.3. The fourth-order valence-corrected chi connectivity index (χ4v) is 2.95. The average molecular weight is 822 g/mol. The number of amides is 1. The Morgan fingerprint density at radius 1 is 0.833 bits per heavy atom. The summed E-state index contributed by atoms with van der Waals surface area (Å²) in [5.41, 5.74) is 2.93. The zero-order valence-corrected chi connectivity index (χ0v) is 26.7. The van der Waals surface area contributed by atoms with Crippen LogP contribution in [0, 0.1) is 18.2 Å². The van der Waals surface area contributed by atoms with Gasteiger partial charge in [-0.25, -0.2) is 0 Å². The summed E-state index contributed by atoms with van der Waals surface area (Å²) in [4.78, 5) is 19.5.